The Morgan fingerprint density at radius 1 is 1.14 bits per heavy atom. The van der Waals surface area contributed by atoms with Crippen LogP contribution in [0.15, 0.2) is 18.2 Å². The number of aromatic carboxylic acids is 1. The van der Waals surface area contributed by atoms with Crippen LogP contribution in [0.25, 0.3) is 0 Å². The summed E-state index contributed by atoms with van der Waals surface area (Å²) in [7, 11) is 0. The van der Waals surface area contributed by atoms with Crippen molar-refractivity contribution in [2.75, 3.05) is 11.1 Å². The second-order valence-electron chi connectivity index (χ2n) is 7.40. The average molecular weight is 286 g/mol. The van der Waals surface area contributed by atoms with Crippen LogP contribution < -0.4 is 11.1 Å². The largest absolute Gasteiger partial charge is 0.478 e. The molecule has 5 rings (SSSR count). The molecular weight excluding hydrogens is 264 g/mol. The third kappa shape index (κ3) is 2.08. The normalized spacial score (nSPS) is 36.7. The Labute approximate surface area is 124 Å². The Bertz CT molecular complexity index is 561. The van der Waals surface area contributed by atoms with Crippen LogP contribution in [0.1, 0.15) is 48.9 Å². The van der Waals surface area contributed by atoms with E-state index < -0.39 is 5.97 Å². The Morgan fingerprint density at radius 3 is 2.24 bits per heavy atom. The number of nitrogen functional groups attached to an aromatic ring is 1. The molecule has 4 N–H and O–H groups in total. The zero-order valence-electron chi connectivity index (χ0n) is 12.1. The summed E-state index contributed by atoms with van der Waals surface area (Å²) in [6.07, 6.45) is 7.64. The van der Waals surface area contributed by atoms with Gasteiger partial charge < -0.3 is 16.2 Å². The van der Waals surface area contributed by atoms with Crippen molar-refractivity contribution in [2.45, 2.75) is 44.1 Å². The quantitative estimate of drug-likeness (QED) is 0.745. The highest BCUT2D eigenvalue weighted by Crippen LogP contribution is 2.57. The van der Waals surface area contributed by atoms with Gasteiger partial charge in [0.25, 0.3) is 0 Å². The SMILES string of the molecule is Nc1cccc(C(=O)O)c1NC12CC3CC(CC(C3)C1)C2. The van der Waals surface area contributed by atoms with Crippen LogP contribution in [0.5, 0.6) is 0 Å². The number of carboxylic acid groups (broad SMARTS) is 1. The Morgan fingerprint density at radius 2 is 1.71 bits per heavy atom. The molecular formula is C17H22N2O2. The molecule has 0 unspecified atom stereocenters. The van der Waals surface area contributed by atoms with Gasteiger partial charge in [0.2, 0.25) is 0 Å². The maximum atomic E-state index is 11.5. The molecule has 4 aliphatic carbocycles. The monoisotopic (exact) mass is 286 g/mol. The number of para-hydroxylation sites is 1. The summed E-state index contributed by atoms with van der Waals surface area (Å²) in [5.41, 5.74) is 7.62. The molecule has 4 fully saturated rings. The molecule has 0 aromatic heterocycles. The van der Waals surface area contributed by atoms with Crippen LogP contribution in [-0.4, -0.2) is 16.6 Å². The Hall–Kier alpha value is -1.71. The van der Waals surface area contributed by atoms with E-state index >= 15 is 0 Å². The van der Waals surface area contributed by atoms with E-state index in [1.165, 1.54) is 38.5 Å². The molecule has 0 spiro atoms. The predicted molar refractivity (Wildman–Crippen MR) is 82.3 cm³/mol. The zero-order chi connectivity index (χ0) is 14.6. The Balaban J connectivity index is 1.69. The highest BCUT2D eigenvalue weighted by atomic mass is 16.4. The van der Waals surface area contributed by atoms with E-state index in [1.807, 2.05) is 0 Å². The molecule has 1 aromatic rings. The third-order valence-electron chi connectivity index (χ3n) is 5.76. The average Bonchev–Trinajstić information content (AvgIpc) is 2.39. The van der Waals surface area contributed by atoms with E-state index in [0.717, 1.165) is 17.8 Å². The van der Waals surface area contributed by atoms with Crippen molar-refractivity contribution in [2.24, 2.45) is 17.8 Å². The first kappa shape index (κ1) is 13.0. The van der Waals surface area contributed by atoms with E-state index in [1.54, 1.807) is 18.2 Å². The first-order chi connectivity index (χ1) is 10.0. The topological polar surface area (TPSA) is 75.4 Å². The Kier molecular flexibility index (Phi) is 2.72. The number of nitrogens with one attached hydrogen (secondary N) is 1. The standard InChI is InChI=1S/C17H22N2O2/c18-14-3-1-2-13(16(20)21)15(14)19-17-7-10-4-11(8-17)6-12(5-10)9-17/h1-3,10-12,19H,4-9,18H2,(H,20,21). The number of carbonyl (C=O) groups is 1. The number of carboxylic acids is 1. The van der Waals surface area contributed by atoms with Gasteiger partial charge >= 0.3 is 5.97 Å². The van der Waals surface area contributed by atoms with Crippen LogP contribution in [0.2, 0.25) is 0 Å². The maximum absolute atomic E-state index is 11.5. The second-order valence-corrected chi connectivity index (χ2v) is 7.40. The summed E-state index contributed by atoms with van der Waals surface area (Å²) in [6, 6.07) is 5.14. The van der Waals surface area contributed by atoms with Gasteiger partial charge in [-0.3, -0.25) is 0 Å². The van der Waals surface area contributed by atoms with E-state index in [-0.39, 0.29) is 5.54 Å². The van der Waals surface area contributed by atoms with Crippen molar-refractivity contribution in [3.63, 3.8) is 0 Å². The lowest BCUT2D eigenvalue weighted by Gasteiger charge is -2.57. The van der Waals surface area contributed by atoms with Crippen LogP contribution in [-0.2, 0) is 0 Å². The van der Waals surface area contributed by atoms with Crippen LogP contribution in [0.4, 0.5) is 11.4 Å². The summed E-state index contributed by atoms with van der Waals surface area (Å²) < 4.78 is 0. The molecule has 0 heterocycles. The molecule has 4 aliphatic rings. The summed E-state index contributed by atoms with van der Waals surface area (Å²) in [4.78, 5) is 11.5. The first-order valence-corrected chi connectivity index (χ1v) is 7.95. The van der Waals surface area contributed by atoms with Crippen LogP contribution in [0.3, 0.4) is 0 Å². The number of anilines is 2. The fourth-order valence-corrected chi connectivity index (χ4v) is 5.42. The van der Waals surface area contributed by atoms with Crippen molar-refractivity contribution in [3.05, 3.63) is 23.8 Å². The number of hydrogen-bond donors (Lipinski definition) is 3. The maximum Gasteiger partial charge on any atom is 0.337 e. The minimum atomic E-state index is -0.908. The molecule has 4 bridgehead atoms. The molecule has 0 radical (unpaired) electrons. The zero-order valence-corrected chi connectivity index (χ0v) is 12.1. The molecule has 0 saturated heterocycles. The highest BCUT2D eigenvalue weighted by molar-refractivity contribution is 5.97. The molecule has 4 heteroatoms. The molecule has 1 aromatic carbocycles. The van der Waals surface area contributed by atoms with Gasteiger partial charge in [-0.25, -0.2) is 4.79 Å². The van der Waals surface area contributed by atoms with Gasteiger partial charge in [-0.15, -0.1) is 0 Å². The van der Waals surface area contributed by atoms with E-state index in [2.05, 4.69) is 5.32 Å². The summed E-state index contributed by atoms with van der Waals surface area (Å²) in [5.74, 6) is 1.56. The molecule has 0 amide bonds. The van der Waals surface area contributed by atoms with Crippen molar-refractivity contribution < 1.29 is 9.90 Å². The van der Waals surface area contributed by atoms with Gasteiger partial charge in [-0.1, -0.05) is 6.07 Å². The van der Waals surface area contributed by atoms with Crippen molar-refractivity contribution in [1.29, 1.82) is 0 Å². The van der Waals surface area contributed by atoms with Crippen molar-refractivity contribution >= 4 is 17.3 Å². The minimum absolute atomic E-state index is 0.0778. The van der Waals surface area contributed by atoms with E-state index in [9.17, 15) is 9.90 Å². The fraction of sp³-hybridized carbons (Fsp3) is 0.588. The van der Waals surface area contributed by atoms with Gasteiger partial charge in [0, 0.05) is 5.54 Å². The second kappa shape index (κ2) is 4.39. The minimum Gasteiger partial charge on any atom is -0.478 e. The number of benzene rings is 1. The fourth-order valence-electron chi connectivity index (χ4n) is 5.42. The summed E-state index contributed by atoms with van der Waals surface area (Å²) >= 11 is 0. The number of nitrogens with two attached hydrogens (primary N) is 1. The molecule has 0 atom stereocenters. The lowest BCUT2D eigenvalue weighted by molar-refractivity contribution is 0.0107. The lowest BCUT2D eigenvalue weighted by atomic mass is 9.53. The third-order valence-corrected chi connectivity index (χ3v) is 5.76. The molecule has 21 heavy (non-hydrogen) atoms. The number of hydrogen-bond acceptors (Lipinski definition) is 3. The van der Waals surface area contributed by atoms with Gasteiger partial charge in [0.15, 0.2) is 0 Å². The van der Waals surface area contributed by atoms with Crippen LogP contribution >= 0.6 is 0 Å². The van der Waals surface area contributed by atoms with Gasteiger partial charge in [0.05, 0.1) is 16.9 Å². The molecule has 112 valence electrons. The van der Waals surface area contributed by atoms with E-state index in [0.29, 0.717) is 16.9 Å². The van der Waals surface area contributed by atoms with Gasteiger partial charge in [0.1, 0.15) is 0 Å². The lowest BCUT2D eigenvalue weighted by Crippen LogP contribution is -2.55. The predicted octanol–water partition coefficient (Wildman–Crippen LogP) is 3.35. The molecule has 0 aliphatic heterocycles. The molecule has 4 saturated carbocycles. The summed E-state index contributed by atoms with van der Waals surface area (Å²) in [6.45, 7) is 0. The van der Waals surface area contributed by atoms with Crippen LogP contribution in [0, 0.1) is 17.8 Å². The highest BCUT2D eigenvalue weighted by Gasteiger charge is 2.51. The van der Waals surface area contributed by atoms with Gasteiger partial charge in [-0.2, -0.15) is 0 Å². The first-order valence-electron chi connectivity index (χ1n) is 7.95. The van der Waals surface area contributed by atoms with Crippen molar-refractivity contribution in [3.8, 4) is 0 Å². The summed E-state index contributed by atoms with van der Waals surface area (Å²) in [5, 5.41) is 13.0. The van der Waals surface area contributed by atoms with Gasteiger partial charge in [-0.05, 0) is 68.4 Å². The smallest absolute Gasteiger partial charge is 0.337 e. The number of rotatable bonds is 3. The van der Waals surface area contributed by atoms with Crippen molar-refractivity contribution in [1.82, 2.24) is 0 Å². The van der Waals surface area contributed by atoms with E-state index in [4.69, 9.17) is 5.73 Å². The molecule has 4 nitrogen and oxygen atoms in total.